The fraction of sp³-hybridized carbons (Fsp3) is 0.308. The molecule has 0 atom stereocenters. The molecular weight excluding hydrogens is 277 g/mol. The van der Waals surface area contributed by atoms with E-state index in [2.05, 4.69) is 5.10 Å². The van der Waals surface area contributed by atoms with Gasteiger partial charge in [0.1, 0.15) is 0 Å². The maximum Gasteiger partial charge on any atom is 0.416 e. The number of hydrogen-bond acceptors (Lipinski definition) is 1. The molecule has 0 N–H and O–H groups in total. The Bertz CT molecular complexity index is 537. The third-order valence-electron chi connectivity index (χ3n) is 2.81. The van der Waals surface area contributed by atoms with Crippen molar-refractivity contribution in [1.82, 2.24) is 9.78 Å². The average Bonchev–Trinajstić information content (AvgIpc) is 2.81. The lowest BCUT2D eigenvalue weighted by Crippen LogP contribution is -2.04. The Balaban J connectivity index is 2.34. The molecule has 1 aromatic heterocycles. The smallest absolute Gasteiger partial charge is 0.268 e. The molecule has 0 aliphatic rings. The lowest BCUT2D eigenvalue weighted by Gasteiger charge is -2.06. The van der Waals surface area contributed by atoms with Gasteiger partial charge < -0.3 is 0 Å². The first-order chi connectivity index (χ1) is 8.95. The molecule has 2 nitrogen and oxygen atoms in total. The highest BCUT2D eigenvalue weighted by atomic mass is 35.5. The van der Waals surface area contributed by atoms with Crippen LogP contribution in [0.3, 0.4) is 0 Å². The van der Waals surface area contributed by atoms with Crippen LogP contribution in [0.1, 0.15) is 18.2 Å². The van der Waals surface area contributed by atoms with Gasteiger partial charge in [-0.05, 0) is 25.1 Å². The number of halogens is 4. The van der Waals surface area contributed by atoms with Gasteiger partial charge in [-0.15, -0.1) is 11.6 Å². The van der Waals surface area contributed by atoms with Gasteiger partial charge in [-0.1, -0.05) is 12.1 Å². The van der Waals surface area contributed by atoms with Crippen molar-refractivity contribution in [2.24, 2.45) is 0 Å². The Labute approximate surface area is 113 Å². The lowest BCUT2D eigenvalue weighted by molar-refractivity contribution is -0.137. The van der Waals surface area contributed by atoms with E-state index >= 15 is 0 Å². The zero-order chi connectivity index (χ0) is 14.0. The minimum absolute atomic E-state index is 0.321. The van der Waals surface area contributed by atoms with Gasteiger partial charge in [0, 0.05) is 12.1 Å². The molecule has 2 rings (SSSR count). The van der Waals surface area contributed by atoms with Crippen LogP contribution in [0, 0.1) is 0 Å². The van der Waals surface area contributed by atoms with Gasteiger partial charge in [0.15, 0.2) is 0 Å². The van der Waals surface area contributed by atoms with Gasteiger partial charge in [-0.25, -0.2) is 0 Å². The minimum atomic E-state index is -4.32. The number of aryl methyl sites for hydroxylation is 1. The number of nitrogens with zero attached hydrogens (tertiary/aromatic N) is 2. The van der Waals surface area contributed by atoms with Crippen molar-refractivity contribution in [3.8, 4) is 11.3 Å². The summed E-state index contributed by atoms with van der Waals surface area (Å²) in [5, 5.41) is 4.31. The molecule has 0 aliphatic heterocycles. The molecule has 0 radical (unpaired) electrons. The predicted octanol–water partition coefficient (Wildman–Crippen LogP) is 4.33. The van der Waals surface area contributed by atoms with Gasteiger partial charge in [0.05, 0.1) is 22.8 Å². The van der Waals surface area contributed by atoms with Crippen LogP contribution in [0.2, 0.25) is 0 Å². The molecule has 0 unspecified atom stereocenters. The topological polar surface area (TPSA) is 17.8 Å². The first-order valence-corrected chi connectivity index (χ1v) is 6.29. The largest absolute Gasteiger partial charge is 0.416 e. The van der Waals surface area contributed by atoms with E-state index in [1.165, 1.54) is 12.1 Å². The monoisotopic (exact) mass is 288 g/mol. The van der Waals surface area contributed by atoms with E-state index in [9.17, 15) is 13.2 Å². The van der Waals surface area contributed by atoms with Crippen LogP contribution in [0.4, 0.5) is 13.2 Å². The molecule has 2 aromatic rings. The van der Waals surface area contributed by atoms with E-state index in [0.717, 1.165) is 17.8 Å². The second-order valence-electron chi connectivity index (χ2n) is 4.05. The van der Waals surface area contributed by atoms with Gasteiger partial charge in [0.2, 0.25) is 0 Å². The Morgan fingerprint density at radius 1 is 1.21 bits per heavy atom. The predicted molar refractivity (Wildman–Crippen MR) is 67.9 cm³/mol. The highest BCUT2D eigenvalue weighted by Crippen LogP contribution is 2.30. The summed E-state index contributed by atoms with van der Waals surface area (Å²) in [7, 11) is 0. The third-order valence-corrected chi connectivity index (χ3v) is 3.08. The van der Waals surface area contributed by atoms with E-state index in [1.54, 1.807) is 10.7 Å². The number of aromatic nitrogens is 2. The summed E-state index contributed by atoms with van der Waals surface area (Å²) >= 11 is 5.79. The molecule has 19 heavy (non-hydrogen) atoms. The molecule has 0 saturated carbocycles. The molecule has 0 fully saturated rings. The fourth-order valence-electron chi connectivity index (χ4n) is 1.81. The van der Waals surface area contributed by atoms with Gasteiger partial charge in [-0.3, -0.25) is 4.68 Å². The second kappa shape index (κ2) is 5.25. The van der Waals surface area contributed by atoms with E-state index in [0.29, 0.717) is 23.7 Å². The van der Waals surface area contributed by atoms with Crippen molar-refractivity contribution in [3.05, 3.63) is 41.6 Å². The quantitative estimate of drug-likeness (QED) is 0.769. The zero-order valence-corrected chi connectivity index (χ0v) is 11.0. The summed E-state index contributed by atoms with van der Waals surface area (Å²) in [6.07, 6.45) is -4.32. The average molecular weight is 289 g/mol. The molecule has 102 valence electrons. The van der Waals surface area contributed by atoms with Crippen LogP contribution in [0.15, 0.2) is 30.3 Å². The summed E-state index contributed by atoms with van der Waals surface area (Å²) in [5.41, 5.74) is 1.46. The summed E-state index contributed by atoms with van der Waals surface area (Å²) in [6, 6.07) is 6.74. The van der Waals surface area contributed by atoms with Crippen molar-refractivity contribution < 1.29 is 13.2 Å². The van der Waals surface area contributed by atoms with E-state index < -0.39 is 11.7 Å². The molecule has 1 heterocycles. The van der Waals surface area contributed by atoms with Crippen LogP contribution in [-0.4, -0.2) is 9.78 Å². The van der Waals surface area contributed by atoms with Crippen molar-refractivity contribution in [2.75, 3.05) is 0 Å². The lowest BCUT2D eigenvalue weighted by atomic mass is 10.1. The summed E-state index contributed by atoms with van der Waals surface area (Å²) in [5.74, 6) is 0.321. The number of rotatable bonds is 3. The Morgan fingerprint density at radius 3 is 2.26 bits per heavy atom. The number of benzene rings is 1. The fourth-order valence-corrected chi connectivity index (χ4v) is 2.02. The minimum Gasteiger partial charge on any atom is -0.268 e. The summed E-state index contributed by atoms with van der Waals surface area (Å²) < 4.78 is 39.1. The van der Waals surface area contributed by atoms with E-state index in [-0.39, 0.29) is 0 Å². The molecule has 0 aliphatic carbocycles. The molecule has 0 saturated heterocycles. The van der Waals surface area contributed by atoms with Crippen LogP contribution in [-0.2, 0) is 18.6 Å². The SMILES string of the molecule is CCn1nc(-c2ccc(C(F)(F)F)cc2)cc1CCl. The van der Waals surface area contributed by atoms with Crippen molar-refractivity contribution >= 4 is 11.6 Å². The molecule has 0 bridgehead atoms. The number of alkyl halides is 4. The maximum atomic E-state index is 12.5. The summed E-state index contributed by atoms with van der Waals surface area (Å²) in [4.78, 5) is 0. The third kappa shape index (κ3) is 2.92. The molecular formula is C13H12ClF3N2. The molecule has 1 aromatic carbocycles. The Morgan fingerprint density at radius 2 is 1.84 bits per heavy atom. The second-order valence-corrected chi connectivity index (χ2v) is 4.31. The molecule has 0 amide bonds. The van der Waals surface area contributed by atoms with Crippen LogP contribution >= 0.6 is 11.6 Å². The van der Waals surface area contributed by atoms with Crippen molar-refractivity contribution in [1.29, 1.82) is 0 Å². The number of hydrogen-bond donors (Lipinski definition) is 0. The molecule has 6 heteroatoms. The Hall–Kier alpha value is -1.49. The first kappa shape index (κ1) is 13.9. The van der Waals surface area contributed by atoms with Crippen molar-refractivity contribution in [2.45, 2.75) is 25.5 Å². The first-order valence-electron chi connectivity index (χ1n) is 5.76. The highest BCUT2D eigenvalue weighted by Gasteiger charge is 2.30. The zero-order valence-electron chi connectivity index (χ0n) is 10.2. The van der Waals surface area contributed by atoms with Gasteiger partial charge in [-0.2, -0.15) is 18.3 Å². The van der Waals surface area contributed by atoms with Crippen molar-refractivity contribution in [3.63, 3.8) is 0 Å². The van der Waals surface area contributed by atoms with Crippen LogP contribution in [0.25, 0.3) is 11.3 Å². The summed E-state index contributed by atoms with van der Waals surface area (Å²) in [6.45, 7) is 2.60. The maximum absolute atomic E-state index is 12.5. The standard InChI is InChI=1S/C13H12ClF3N2/c1-2-19-11(8-14)7-12(18-19)9-3-5-10(6-4-9)13(15,16)17/h3-7H,2,8H2,1H3. The normalized spacial score (nSPS) is 11.8. The Kier molecular flexibility index (Phi) is 3.85. The van der Waals surface area contributed by atoms with Gasteiger partial charge in [0.25, 0.3) is 0 Å². The van der Waals surface area contributed by atoms with E-state index in [4.69, 9.17) is 11.6 Å². The van der Waals surface area contributed by atoms with E-state index in [1.807, 2.05) is 6.92 Å². The highest BCUT2D eigenvalue weighted by molar-refractivity contribution is 6.16. The van der Waals surface area contributed by atoms with Gasteiger partial charge >= 0.3 is 6.18 Å². The van der Waals surface area contributed by atoms with Crippen LogP contribution < -0.4 is 0 Å². The van der Waals surface area contributed by atoms with Crippen LogP contribution in [0.5, 0.6) is 0 Å². The molecule has 0 spiro atoms.